The van der Waals surface area contributed by atoms with Crippen LogP contribution in [0.1, 0.15) is 61.0 Å². The van der Waals surface area contributed by atoms with Crippen LogP contribution in [0.15, 0.2) is 56.4 Å². The number of aromatic amines is 2. The number of rotatable bonds is 5. The summed E-state index contributed by atoms with van der Waals surface area (Å²) in [5, 5.41) is 5.03. The van der Waals surface area contributed by atoms with Gasteiger partial charge in [-0.25, -0.2) is 14.6 Å². The molecule has 13 heteroatoms. The van der Waals surface area contributed by atoms with Gasteiger partial charge in [0.1, 0.15) is 17.1 Å². The van der Waals surface area contributed by atoms with Crippen molar-refractivity contribution in [2.24, 2.45) is 0 Å². The van der Waals surface area contributed by atoms with Crippen molar-refractivity contribution in [3.05, 3.63) is 69.3 Å². The number of aromatic nitrogens is 3. The molecule has 0 spiro atoms. The highest BCUT2D eigenvalue weighted by Crippen LogP contribution is 2.46. The minimum absolute atomic E-state index is 0.0859. The van der Waals surface area contributed by atoms with E-state index in [0.717, 1.165) is 16.6 Å². The van der Waals surface area contributed by atoms with Gasteiger partial charge in [0.05, 0.1) is 42.3 Å². The van der Waals surface area contributed by atoms with Gasteiger partial charge >= 0.3 is 12.1 Å². The predicted octanol–water partition coefficient (Wildman–Crippen LogP) is 6.41. The molecular weight excluding hydrogens is 594 g/mol. The monoisotopic (exact) mass is 623 g/mol. The third-order valence-electron chi connectivity index (χ3n) is 7.04. The maximum atomic E-state index is 13.7. The topological polar surface area (TPSA) is 143 Å². The standard InChI is InChI=1S/C30H30ClN5O6S/c1-6-40-27(38)26-25-16(11-32-26)22(23-18(33-25)12-36(13-19(23)37)29(39)42-30(3,4)5)20-7-8-21(41-20)43-28-34-17-10-15(31)9-14(2)24(17)35-28/h7-11,22,32-33H,6,12-13H2,1-5H3,(H,34,35). The maximum Gasteiger partial charge on any atom is 0.411 e. The Hall–Kier alpha value is -4.16. The Morgan fingerprint density at radius 3 is 2.77 bits per heavy atom. The van der Waals surface area contributed by atoms with Gasteiger partial charge in [-0.2, -0.15) is 0 Å². The summed E-state index contributed by atoms with van der Waals surface area (Å²) in [7, 11) is 0. The van der Waals surface area contributed by atoms with Crippen LogP contribution in [0.25, 0.3) is 11.0 Å². The molecule has 0 fully saturated rings. The van der Waals surface area contributed by atoms with Crippen LogP contribution < -0.4 is 5.32 Å². The van der Waals surface area contributed by atoms with Gasteiger partial charge in [-0.1, -0.05) is 11.6 Å². The largest absolute Gasteiger partial charge is 0.461 e. The van der Waals surface area contributed by atoms with Crippen LogP contribution in [-0.2, 0) is 14.3 Å². The van der Waals surface area contributed by atoms with E-state index in [1.807, 2.05) is 25.1 Å². The molecule has 2 aliphatic rings. The first-order valence-corrected chi connectivity index (χ1v) is 14.9. The number of halogens is 1. The molecule has 43 heavy (non-hydrogen) atoms. The quantitative estimate of drug-likeness (QED) is 0.215. The number of benzene rings is 1. The SMILES string of the molecule is CCOC(=O)c1[nH]cc2c1NC1=C(C(=O)CN(C(=O)OC(C)(C)C)C1)C2c1ccc(Sc2nc3cc(Cl)cc(C)c3[nH]2)o1. The normalized spacial score (nSPS) is 16.7. The van der Waals surface area contributed by atoms with E-state index in [-0.39, 0.29) is 31.2 Å². The Morgan fingerprint density at radius 2 is 2.02 bits per heavy atom. The van der Waals surface area contributed by atoms with Gasteiger partial charge in [-0.05, 0) is 76.2 Å². The number of hydrogen-bond acceptors (Lipinski definition) is 9. The third kappa shape index (κ3) is 5.52. The molecule has 5 heterocycles. The molecule has 2 aliphatic heterocycles. The van der Waals surface area contributed by atoms with Crippen molar-refractivity contribution in [2.45, 2.75) is 56.4 Å². The molecule has 1 amide bonds. The predicted molar refractivity (Wildman–Crippen MR) is 161 cm³/mol. The highest BCUT2D eigenvalue weighted by molar-refractivity contribution is 7.99. The van der Waals surface area contributed by atoms with Gasteiger partial charge < -0.3 is 29.2 Å². The number of aryl methyl sites for hydroxylation is 1. The Labute approximate surface area is 256 Å². The number of nitrogens with one attached hydrogen (secondary N) is 3. The summed E-state index contributed by atoms with van der Waals surface area (Å²) in [5.74, 6) is -0.933. The number of nitrogens with zero attached hydrogens (tertiary/aromatic N) is 2. The fourth-order valence-corrected chi connectivity index (χ4v) is 6.36. The lowest BCUT2D eigenvalue weighted by atomic mass is 9.81. The number of carbonyl (C=O) groups is 3. The zero-order valence-corrected chi connectivity index (χ0v) is 25.8. The summed E-state index contributed by atoms with van der Waals surface area (Å²) in [6.07, 6.45) is 1.08. The minimum atomic E-state index is -0.727. The highest BCUT2D eigenvalue weighted by atomic mass is 35.5. The molecule has 224 valence electrons. The highest BCUT2D eigenvalue weighted by Gasteiger charge is 2.42. The van der Waals surface area contributed by atoms with Crippen molar-refractivity contribution in [1.29, 1.82) is 0 Å². The molecule has 3 aromatic heterocycles. The van der Waals surface area contributed by atoms with Crippen LogP contribution >= 0.6 is 23.4 Å². The number of amides is 1. The van der Waals surface area contributed by atoms with E-state index in [1.54, 1.807) is 40.0 Å². The molecule has 0 bridgehead atoms. The van der Waals surface area contributed by atoms with E-state index in [1.165, 1.54) is 16.7 Å². The average molecular weight is 624 g/mol. The molecule has 6 rings (SSSR count). The fraction of sp³-hybridized carbons (Fsp3) is 0.333. The molecule has 11 nitrogen and oxygen atoms in total. The number of ketones is 1. The minimum Gasteiger partial charge on any atom is -0.461 e. The fourth-order valence-electron chi connectivity index (χ4n) is 5.33. The average Bonchev–Trinajstić information content (AvgIpc) is 3.65. The summed E-state index contributed by atoms with van der Waals surface area (Å²) in [5.41, 5.74) is 4.17. The zero-order valence-electron chi connectivity index (χ0n) is 24.2. The van der Waals surface area contributed by atoms with Crippen molar-refractivity contribution in [2.75, 3.05) is 25.0 Å². The Bertz CT molecular complexity index is 1810. The van der Waals surface area contributed by atoms with E-state index in [2.05, 4.69) is 20.3 Å². The Morgan fingerprint density at radius 1 is 1.23 bits per heavy atom. The first kappa shape index (κ1) is 28.9. The van der Waals surface area contributed by atoms with E-state index in [9.17, 15) is 14.4 Å². The van der Waals surface area contributed by atoms with Gasteiger partial charge in [-0.3, -0.25) is 9.69 Å². The third-order valence-corrected chi connectivity index (χ3v) is 8.07. The maximum absolute atomic E-state index is 13.7. The van der Waals surface area contributed by atoms with Crippen LogP contribution in [-0.4, -0.2) is 63.0 Å². The van der Waals surface area contributed by atoms with Gasteiger partial charge in [0, 0.05) is 28.1 Å². The number of carbonyl (C=O) groups excluding carboxylic acids is 3. The number of furan rings is 1. The number of fused-ring (bicyclic) bond motifs is 2. The second-order valence-corrected chi connectivity index (χ2v) is 12.8. The molecule has 1 aromatic carbocycles. The number of Topliss-reactive ketones (excluding diaryl/α,β-unsaturated/α-hetero) is 1. The van der Waals surface area contributed by atoms with Gasteiger partial charge in [-0.15, -0.1) is 0 Å². The summed E-state index contributed by atoms with van der Waals surface area (Å²) < 4.78 is 17.1. The smallest absolute Gasteiger partial charge is 0.411 e. The summed E-state index contributed by atoms with van der Waals surface area (Å²) >= 11 is 7.51. The molecular formula is C30H30ClN5O6S. The molecule has 0 saturated carbocycles. The van der Waals surface area contributed by atoms with Crippen molar-refractivity contribution < 1.29 is 28.3 Å². The van der Waals surface area contributed by atoms with Crippen LogP contribution in [0.4, 0.5) is 10.5 Å². The number of esters is 1. The van der Waals surface area contributed by atoms with Crippen molar-refractivity contribution in [3.8, 4) is 0 Å². The van der Waals surface area contributed by atoms with E-state index >= 15 is 0 Å². The first-order chi connectivity index (χ1) is 20.4. The van der Waals surface area contributed by atoms with Crippen LogP contribution in [0.5, 0.6) is 0 Å². The number of ether oxygens (including phenoxy) is 2. The van der Waals surface area contributed by atoms with Crippen LogP contribution in [0, 0.1) is 6.92 Å². The van der Waals surface area contributed by atoms with Crippen molar-refractivity contribution in [1.82, 2.24) is 19.9 Å². The first-order valence-electron chi connectivity index (χ1n) is 13.7. The molecule has 1 unspecified atom stereocenters. The van der Waals surface area contributed by atoms with Crippen molar-refractivity contribution >= 4 is 57.9 Å². The van der Waals surface area contributed by atoms with Crippen molar-refractivity contribution in [3.63, 3.8) is 0 Å². The molecule has 1 atom stereocenters. The van der Waals surface area contributed by atoms with Crippen LogP contribution in [0.3, 0.4) is 0 Å². The number of imidazole rings is 1. The number of anilines is 1. The van der Waals surface area contributed by atoms with E-state index in [0.29, 0.717) is 43.6 Å². The lowest BCUT2D eigenvalue weighted by Gasteiger charge is -2.36. The van der Waals surface area contributed by atoms with Gasteiger partial charge in [0.15, 0.2) is 16.0 Å². The lowest BCUT2D eigenvalue weighted by Crippen LogP contribution is -2.47. The zero-order chi connectivity index (χ0) is 30.6. The molecule has 3 N–H and O–H groups in total. The second-order valence-electron chi connectivity index (χ2n) is 11.3. The van der Waals surface area contributed by atoms with Gasteiger partial charge in [0.2, 0.25) is 0 Å². The molecule has 4 aromatic rings. The second kappa shape index (κ2) is 10.8. The molecule has 0 aliphatic carbocycles. The summed E-state index contributed by atoms with van der Waals surface area (Å²) in [6, 6.07) is 7.29. The summed E-state index contributed by atoms with van der Waals surface area (Å²) in [4.78, 5) is 51.7. The Kier molecular flexibility index (Phi) is 7.29. The van der Waals surface area contributed by atoms with Crippen LogP contribution in [0.2, 0.25) is 5.02 Å². The summed E-state index contributed by atoms with van der Waals surface area (Å²) in [6.45, 7) is 9.11. The number of hydrogen-bond donors (Lipinski definition) is 3. The van der Waals surface area contributed by atoms with E-state index < -0.39 is 23.6 Å². The lowest BCUT2D eigenvalue weighted by molar-refractivity contribution is -0.117. The molecule has 0 saturated heterocycles. The van der Waals surface area contributed by atoms with E-state index in [4.69, 9.17) is 25.5 Å². The van der Waals surface area contributed by atoms with Gasteiger partial charge in [0.25, 0.3) is 0 Å². The molecule has 0 radical (unpaired) electrons. The number of H-pyrrole nitrogens is 2. The Balaban J connectivity index is 1.37.